The van der Waals surface area contributed by atoms with Crippen molar-refractivity contribution >= 4 is 0 Å². The van der Waals surface area contributed by atoms with E-state index in [1.54, 1.807) is 6.20 Å². The molecule has 0 saturated heterocycles. The molecule has 0 amide bonds. The fraction of sp³-hybridized carbons (Fsp3) is 0.438. The molecule has 108 valence electrons. The Morgan fingerprint density at radius 2 is 2.10 bits per heavy atom. The van der Waals surface area contributed by atoms with Crippen molar-refractivity contribution in [3.8, 4) is 11.3 Å². The van der Waals surface area contributed by atoms with Gasteiger partial charge in [-0.05, 0) is 30.7 Å². The molecular weight excluding hydrogens is 253 g/mol. The fourth-order valence-electron chi connectivity index (χ4n) is 2.15. The van der Waals surface area contributed by atoms with Crippen LogP contribution in [-0.2, 0) is 13.1 Å². The Labute approximate surface area is 119 Å². The Kier molecular flexibility index (Phi) is 4.90. The van der Waals surface area contributed by atoms with E-state index in [1.165, 1.54) is 6.07 Å². The molecule has 4 heteroatoms. The van der Waals surface area contributed by atoms with Gasteiger partial charge in [-0.1, -0.05) is 20.8 Å². The highest BCUT2D eigenvalue weighted by Crippen LogP contribution is 2.22. The van der Waals surface area contributed by atoms with Gasteiger partial charge in [-0.15, -0.1) is 0 Å². The van der Waals surface area contributed by atoms with E-state index in [0.29, 0.717) is 18.2 Å². The van der Waals surface area contributed by atoms with Gasteiger partial charge in [0.2, 0.25) is 0 Å². The Bertz CT molecular complexity index is 561. The van der Waals surface area contributed by atoms with Gasteiger partial charge in [0.25, 0.3) is 0 Å². The fourth-order valence-corrected chi connectivity index (χ4v) is 2.15. The molecule has 0 fully saturated rings. The van der Waals surface area contributed by atoms with E-state index in [-0.39, 0.29) is 5.82 Å². The molecule has 0 bridgehead atoms. The van der Waals surface area contributed by atoms with Crippen molar-refractivity contribution in [3.63, 3.8) is 0 Å². The summed E-state index contributed by atoms with van der Waals surface area (Å²) in [5.41, 5.74) is 2.75. The normalized spacial score (nSPS) is 11.2. The van der Waals surface area contributed by atoms with Gasteiger partial charge in [-0.25, -0.2) is 4.39 Å². The van der Waals surface area contributed by atoms with Crippen molar-refractivity contribution in [2.24, 2.45) is 0 Å². The maximum atomic E-state index is 13.8. The van der Waals surface area contributed by atoms with Crippen LogP contribution >= 0.6 is 0 Å². The average molecular weight is 275 g/mol. The minimum absolute atomic E-state index is 0.163. The highest BCUT2D eigenvalue weighted by molar-refractivity contribution is 5.60. The summed E-state index contributed by atoms with van der Waals surface area (Å²) in [7, 11) is 0. The topological polar surface area (TPSA) is 29.9 Å². The first-order valence-corrected chi connectivity index (χ1v) is 7.15. The number of hydrogen-bond donors (Lipinski definition) is 1. The van der Waals surface area contributed by atoms with Crippen LogP contribution in [0, 0.1) is 5.82 Å². The third kappa shape index (κ3) is 3.45. The van der Waals surface area contributed by atoms with Gasteiger partial charge in [0.15, 0.2) is 0 Å². The monoisotopic (exact) mass is 275 g/mol. The minimum Gasteiger partial charge on any atom is -0.310 e. The molecule has 1 N–H and O–H groups in total. The summed E-state index contributed by atoms with van der Waals surface area (Å²) >= 11 is 0. The lowest BCUT2D eigenvalue weighted by atomic mass is 10.1. The van der Waals surface area contributed by atoms with Gasteiger partial charge in [-0.2, -0.15) is 5.10 Å². The lowest BCUT2D eigenvalue weighted by Gasteiger charge is -2.11. The van der Waals surface area contributed by atoms with Crippen LogP contribution in [-0.4, -0.2) is 15.8 Å². The molecule has 2 aromatic rings. The van der Waals surface area contributed by atoms with Crippen molar-refractivity contribution < 1.29 is 4.39 Å². The quantitative estimate of drug-likeness (QED) is 0.873. The van der Waals surface area contributed by atoms with Crippen molar-refractivity contribution in [1.82, 2.24) is 15.1 Å². The van der Waals surface area contributed by atoms with E-state index in [1.807, 2.05) is 22.9 Å². The summed E-state index contributed by atoms with van der Waals surface area (Å²) in [6.07, 6.45) is 2.82. The molecule has 0 aliphatic carbocycles. The van der Waals surface area contributed by atoms with Gasteiger partial charge in [0.05, 0.1) is 5.69 Å². The molecule has 0 aliphatic heterocycles. The largest absolute Gasteiger partial charge is 0.310 e. The molecule has 0 aliphatic rings. The van der Waals surface area contributed by atoms with Crippen LogP contribution in [0.15, 0.2) is 30.5 Å². The van der Waals surface area contributed by atoms with E-state index in [9.17, 15) is 4.39 Å². The van der Waals surface area contributed by atoms with Crippen LogP contribution in [0.1, 0.15) is 32.8 Å². The number of nitrogens with zero attached hydrogens (tertiary/aromatic N) is 2. The minimum atomic E-state index is -0.163. The van der Waals surface area contributed by atoms with Gasteiger partial charge in [0.1, 0.15) is 5.82 Å². The van der Waals surface area contributed by atoms with Crippen molar-refractivity contribution in [2.45, 2.75) is 46.3 Å². The van der Waals surface area contributed by atoms with E-state index < -0.39 is 0 Å². The van der Waals surface area contributed by atoms with Crippen LogP contribution in [0.25, 0.3) is 11.3 Å². The summed E-state index contributed by atoms with van der Waals surface area (Å²) in [4.78, 5) is 0. The number of hydrogen-bond acceptors (Lipinski definition) is 2. The Morgan fingerprint density at radius 3 is 2.80 bits per heavy atom. The van der Waals surface area contributed by atoms with E-state index in [2.05, 4.69) is 31.2 Å². The zero-order chi connectivity index (χ0) is 14.5. The standard InChI is InChI=1S/C16H22FN3/c1-4-9-20-16(7-8-19-20)13-5-6-15(17)14(10-13)11-18-12(2)3/h5-8,10,12,18H,4,9,11H2,1-3H3. The second-order valence-corrected chi connectivity index (χ2v) is 5.28. The van der Waals surface area contributed by atoms with Crippen LogP contribution in [0.2, 0.25) is 0 Å². The molecule has 0 saturated carbocycles. The number of aromatic nitrogens is 2. The van der Waals surface area contributed by atoms with Gasteiger partial charge in [0, 0.05) is 36.5 Å². The number of aryl methyl sites for hydroxylation is 1. The molecule has 1 aromatic carbocycles. The van der Waals surface area contributed by atoms with Gasteiger partial charge >= 0.3 is 0 Å². The van der Waals surface area contributed by atoms with Crippen molar-refractivity contribution in [3.05, 3.63) is 41.8 Å². The molecular formula is C16H22FN3. The molecule has 0 spiro atoms. The lowest BCUT2D eigenvalue weighted by Crippen LogP contribution is -2.22. The zero-order valence-electron chi connectivity index (χ0n) is 12.4. The van der Waals surface area contributed by atoms with Crippen LogP contribution in [0.3, 0.4) is 0 Å². The molecule has 20 heavy (non-hydrogen) atoms. The third-order valence-corrected chi connectivity index (χ3v) is 3.19. The van der Waals surface area contributed by atoms with E-state index >= 15 is 0 Å². The zero-order valence-corrected chi connectivity index (χ0v) is 12.4. The molecule has 0 unspecified atom stereocenters. The Hall–Kier alpha value is -1.68. The highest BCUT2D eigenvalue weighted by atomic mass is 19.1. The lowest BCUT2D eigenvalue weighted by molar-refractivity contribution is 0.553. The van der Waals surface area contributed by atoms with Gasteiger partial charge < -0.3 is 5.32 Å². The first-order chi connectivity index (χ1) is 9.61. The summed E-state index contributed by atoms with van der Waals surface area (Å²) in [6, 6.07) is 7.58. The summed E-state index contributed by atoms with van der Waals surface area (Å²) in [5.74, 6) is -0.163. The maximum absolute atomic E-state index is 13.8. The second kappa shape index (κ2) is 6.66. The SMILES string of the molecule is CCCn1nccc1-c1ccc(F)c(CNC(C)C)c1. The summed E-state index contributed by atoms with van der Waals surface area (Å²) in [5, 5.41) is 7.57. The average Bonchev–Trinajstić information content (AvgIpc) is 2.86. The van der Waals surface area contributed by atoms with Crippen LogP contribution < -0.4 is 5.32 Å². The predicted molar refractivity (Wildman–Crippen MR) is 79.9 cm³/mol. The Morgan fingerprint density at radius 1 is 1.30 bits per heavy atom. The molecule has 2 rings (SSSR count). The Balaban J connectivity index is 2.28. The first kappa shape index (κ1) is 14.7. The molecule has 0 atom stereocenters. The molecule has 1 aromatic heterocycles. The van der Waals surface area contributed by atoms with Crippen molar-refractivity contribution in [1.29, 1.82) is 0 Å². The van der Waals surface area contributed by atoms with Gasteiger partial charge in [-0.3, -0.25) is 4.68 Å². The molecule has 0 radical (unpaired) electrons. The third-order valence-electron chi connectivity index (χ3n) is 3.19. The summed E-state index contributed by atoms with van der Waals surface area (Å²) in [6.45, 7) is 7.64. The highest BCUT2D eigenvalue weighted by Gasteiger charge is 2.09. The molecule has 1 heterocycles. The predicted octanol–water partition coefficient (Wildman–Crippen LogP) is 3.60. The smallest absolute Gasteiger partial charge is 0.127 e. The van der Waals surface area contributed by atoms with Crippen LogP contribution in [0.5, 0.6) is 0 Å². The second-order valence-electron chi connectivity index (χ2n) is 5.28. The number of nitrogens with one attached hydrogen (secondary N) is 1. The molecule has 3 nitrogen and oxygen atoms in total. The number of halogens is 1. The van der Waals surface area contributed by atoms with E-state index in [4.69, 9.17) is 0 Å². The van der Waals surface area contributed by atoms with E-state index in [0.717, 1.165) is 24.2 Å². The van der Waals surface area contributed by atoms with Crippen molar-refractivity contribution in [2.75, 3.05) is 0 Å². The number of benzene rings is 1. The van der Waals surface area contributed by atoms with Crippen LogP contribution in [0.4, 0.5) is 4.39 Å². The summed E-state index contributed by atoms with van der Waals surface area (Å²) < 4.78 is 15.8. The number of rotatable bonds is 6. The first-order valence-electron chi connectivity index (χ1n) is 7.15. The maximum Gasteiger partial charge on any atom is 0.127 e.